The van der Waals surface area contributed by atoms with Crippen molar-refractivity contribution >= 4 is 79.8 Å². The second-order valence-corrected chi connectivity index (χ2v) is 11.2. The molecule has 1 amide bonds. The Kier molecular flexibility index (Phi) is 7.64. The Morgan fingerprint density at radius 1 is 1.19 bits per heavy atom. The van der Waals surface area contributed by atoms with Gasteiger partial charge in [0, 0.05) is 15.2 Å². The van der Waals surface area contributed by atoms with E-state index in [-0.39, 0.29) is 17.7 Å². The van der Waals surface area contributed by atoms with E-state index < -0.39 is 0 Å². The molecule has 4 rings (SSSR count). The van der Waals surface area contributed by atoms with Crippen LogP contribution >= 0.6 is 56.9 Å². The number of thioether (sulfide) groups is 1. The zero-order valence-corrected chi connectivity index (χ0v) is 22.4. The summed E-state index contributed by atoms with van der Waals surface area (Å²) in [5.74, 6) is 0.214. The van der Waals surface area contributed by atoms with Crippen LogP contribution in [0.3, 0.4) is 0 Å². The molecule has 1 saturated carbocycles. The molecule has 1 saturated heterocycles. The molecular weight excluding hydrogens is 634 g/mol. The summed E-state index contributed by atoms with van der Waals surface area (Å²) < 4.78 is 1.80. The fourth-order valence-corrected chi connectivity index (χ4v) is 7.02. The van der Waals surface area contributed by atoms with Crippen LogP contribution in [0.25, 0.3) is 6.08 Å². The van der Waals surface area contributed by atoms with Gasteiger partial charge in [-0.1, -0.05) is 44.4 Å². The minimum atomic E-state index is -0.00195. The average Bonchev–Trinajstić information content (AvgIpc) is 3.07. The Labute approximate surface area is 214 Å². The van der Waals surface area contributed by atoms with Crippen molar-refractivity contribution < 1.29 is 9.90 Å². The van der Waals surface area contributed by atoms with Gasteiger partial charge in [0.1, 0.15) is 5.75 Å². The molecule has 162 valence electrons. The Hall–Kier alpha value is -1.07. The van der Waals surface area contributed by atoms with Gasteiger partial charge in [-0.05, 0) is 106 Å². The van der Waals surface area contributed by atoms with E-state index in [1.165, 1.54) is 23.7 Å². The molecule has 2 aromatic rings. The third-order valence-corrected chi connectivity index (χ3v) is 8.14. The van der Waals surface area contributed by atoms with E-state index in [4.69, 9.17) is 4.99 Å². The zero-order chi connectivity index (χ0) is 22.0. The van der Waals surface area contributed by atoms with Crippen LogP contribution in [-0.2, 0) is 11.2 Å². The van der Waals surface area contributed by atoms with Gasteiger partial charge in [-0.15, -0.1) is 0 Å². The molecule has 0 spiro atoms. The van der Waals surface area contributed by atoms with Crippen molar-refractivity contribution in [1.29, 1.82) is 0 Å². The lowest BCUT2D eigenvalue weighted by molar-refractivity contribution is -0.124. The number of halogens is 2. The van der Waals surface area contributed by atoms with Crippen LogP contribution in [0.2, 0.25) is 0 Å². The number of aromatic hydroxyl groups is 1. The number of nitrogens with zero attached hydrogens (tertiary/aromatic N) is 2. The summed E-state index contributed by atoms with van der Waals surface area (Å²) in [6.07, 6.45) is 8.26. The normalized spacial score (nSPS) is 20.2. The molecule has 4 nitrogen and oxygen atoms in total. The van der Waals surface area contributed by atoms with E-state index in [0.29, 0.717) is 10.5 Å². The second kappa shape index (κ2) is 10.2. The second-order valence-electron chi connectivity index (χ2n) is 7.78. The first-order valence-electron chi connectivity index (χ1n) is 10.6. The molecule has 7 heteroatoms. The third kappa shape index (κ3) is 5.13. The topological polar surface area (TPSA) is 52.9 Å². The minimum Gasteiger partial charge on any atom is -0.506 e. The molecule has 0 aromatic heterocycles. The highest BCUT2D eigenvalue weighted by molar-refractivity contribution is 14.1. The number of phenolic OH excluding ortho intramolecular Hbond substituents is 1. The number of benzene rings is 2. The molecule has 31 heavy (non-hydrogen) atoms. The van der Waals surface area contributed by atoms with Crippen LogP contribution in [0.5, 0.6) is 5.75 Å². The number of amides is 1. The van der Waals surface area contributed by atoms with Gasteiger partial charge >= 0.3 is 0 Å². The Balaban J connectivity index is 1.77. The van der Waals surface area contributed by atoms with E-state index in [0.717, 1.165) is 50.1 Å². The highest BCUT2D eigenvalue weighted by atomic mass is 127. The highest BCUT2D eigenvalue weighted by Gasteiger charge is 2.39. The van der Waals surface area contributed by atoms with Crippen molar-refractivity contribution in [3.05, 3.63) is 59.6 Å². The summed E-state index contributed by atoms with van der Waals surface area (Å²) in [4.78, 5) is 21.0. The van der Waals surface area contributed by atoms with Crippen molar-refractivity contribution in [2.24, 2.45) is 4.99 Å². The fourth-order valence-electron chi connectivity index (χ4n) is 4.08. The number of phenols is 1. The third-order valence-electron chi connectivity index (χ3n) is 5.71. The summed E-state index contributed by atoms with van der Waals surface area (Å²) in [7, 11) is 0. The van der Waals surface area contributed by atoms with Crippen molar-refractivity contribution in [2.75, 3.05) is 0 Å². The quantitative estimate of drug-likeness (QED) is 0.282. The van der Waals surface area contributed by atoms with Crippen molar-refractivity contribution in [2.45, 2.75) is 51.5 Å². The van der Waals surface area contributed by atoms with E-state index in [1.54, 1.807) is 0 Å². The summed E-state index contributed by atoms with van der Waals surface area (Å²) in [5, 5.41) is 11.3. The first-order valence-corrected chi connectivity index (χ1v) is 13.5. The molecule has 2 fully saturated rings. The van der Waals surface area contributed by atoms with Crippen LogP contribution < -0.4 is 0 Å². The monoisotopic (exact) mass is 658 g/mol. The van der Waals surface area contributed by atoms with Crippen LogP contribution in [-0.4, -0.2) is 27.1 Å². The number of aliphatic imine (C=N–C) groups is 1. The Bertz CT molecular complexity index is 1060. The van der Waals surface area contributed by atoms with Gasteiger partial charge in [0.25, 0.3) is 5.91 Å². The summed E-state index contributed by atoms with van der Waals surface area (Å²) in [6, 6.07) is 12.2. The van der Waals surface area contributed by atoms with Crippen LogP contribution in [0, 0.1) is 7.14 Å². The number of hydrogen-bond acceptors (Lipinski definition) is 4. The molecule has 0 unspecified atom stereocenters. The SMILES string of the molecule is CCc1ccccc1N=C1S/C(=C/c2cc(I)cc(I)c2O)C(=O)N1C1CCCCC1. The molecule has 0 bridgehead atoms. The Morgan fingerprint density at radius 2 is 1.94 bits per heavy atom. The van der Waals surface area contributed by atoms with E-state index in [1.807, 2.05) is 41.3 Å². The van der Waals surface area contributed by atoms with Gasteiger partial charge in [-0.25, -0.2) is 4.99 Å². The molecule has 2 aromatic carbocycles. The number of aryl methyl sites for hydroxylation is 1. The summed E-state index contributed by atoms with van der Waals surface area (Å²) in [6.45, 7) is 2.12. The average molecular weight is 658 g/mol. The van der Waals surface area contributed by atoms with Crippen LogP contribution in [0.1, 0.15) is 50.2 Å². The maximum Gasteiger partial charge on any atom is 0.267 e. The lowest BCUT2D eigenvalue weighted by Crippen LogP contribution is -2.40. The maximum absolute atomic E-state index is 13.5. The number of carbonyl (C=O) groups is 1. The number of para-hydroxylation sites is 1. The van der Waals surface area contributed by atoms with Crippen molar-refractivity contribution in [3.63, 3.8) is 0 Å². The molecule has 0 atom stereocenters. The van der Waals surface area contributed by atoms with Gasteiger partial charge in [-0.3, -0.25) is 9.69 Å². The molecular formula is C24H24I2N2O2S. The fraction of sp³-hybridized carbons (Fsp3) is 0.333. The summed E-state index contributed by atoms with van der Waals surface area (Å²) >= 11 is 5.78. The lowest BCUT2D eigenvalue weighted by atomic mass is 9.94. The van der Waals surface area contributed by atoms with E-state index in [9.17, 15) is 9.90 Å². The molecule has 1 aliphatic heterocycles. The number of amidine groups is 1. The predicted octanol–water partition coefficient (Wildman–Crippen LogP) is 7.10. The first kappa shape index (κ1) is 23.1. The maximum atomic E-state index is 13.5. The van der Waals surface area contributed by atoms with E-state index in [2.05, 4.69) is 58.2 Å². The van der Waals surface area contributed by atoms with Crippen LogP contribution in [0.15, 0.2) is 46.3 Å². The number of carbonyl (C=O) groups excluding carboxylic acids is 1. The molecule has 1 aliphatic carbocycles. The first-order chi connectivity index (χ1) is 15.0. The Morgan fingerprint density at radius 3 is 2.68 bits per heavy atom. The molecule has 2 aliphatic rings. The van der Waals surface area contributed by atoms with Crippen LogP contribution in [0.4, 0.5) is 5.69 Å². The van der Waals surface area contributed by atoms with E-state index >= 15 is 0 Å². The van der Waals surface area contributed by atoms with Gasteiger partial charge in [0.2, 0.25) is 0 Å². The largest absolute Gasteiger partial charge is 0.506 e. The number of rotatable bonds is 4. The molecule has 1 heterocycles. The molecule has 1 N–H and O–H groups in total. The van der Waals surface area contributed by atoms with Gasteiger partial charge in [-0.2, -0.15) is 0 Å². The minimum absolute atomic E-state index is 0.00195. The van der Waals surface area contributed by atoms with Gasteiger partial charge in [0.15, 0.2) is 5.17 Å². The van der Waals surface area contributed by atoms with Gasteiger partial charge < -0.3 is 5.11 Å². The van der Waals surface area contributed by atoms with Crippen molar-refractivity contribution in [1.82, 2.24) is 4.90 Å². The van der Waals surface area contributed by atoms with Crippen molar-refractivity contribution in [3.8, 4) is 5.75 Å². The predicted molar refractivity (Wildman–Crippen MR) is 146 cm³/mol. The smallest absolute Gasteiger partial charge is 0.267 e. The highest BCUT2D eigenvalue weighted by Crippen LogP contribution is 2.40. The standard InChI is InChI=1S/C24H24I2N2O2S/c1-2-15-8-6-7-11-20(15)27-24-28(18-9-4-3-5-10-18)23(30)21(31-24)13-16-12-17(25)14-19(26)22(16)29/h6-8,11-14,18,29H,2-5,9-10H2,1H3/b21-13+,27-24?. The lowest BCUT2D eigenvalue weighted by Gasteiger charge is -2.30. The number of hydrogen-bond donors (Lipinski definition) is 1. The van der Waals surface area contributed by atoms with Gasteiger partial charge in [0.05, 0.1) is 14.2 Å². The zero-order valence-electron chi connectivity index (χ0n) is 17.3. The molecule has 0 radical (unpaired) electrons. The summed E-state index contributed by atoms with van der Waals surface area (Å²) in [5.41, 5.74) is 2.77.